The van der Waals surface area contributed by atoms with Crippen LogP contribution in [0.15, 0.2) is 42.6 Å². The van der Waals surface area contributed by atoms with E-state index < -0.39 is 0 Å². The monoisotopic (exact) mass is 343 g/mol. The molecule has 1 amide bonds. The number of nitrogens with zero attached hydrogens (tertiary/aromatic N) is 2. The summed E-state index contributed by atoms with van der Waals surface area (Å²) in [5, 5.41) is 2.75. The number of carbonyl (C=O) groups excluding carboxylic acids is 1. The quantitative estimate of drug-likeness (QED) is 0.927. The molecule has 1 aromatic carbocycles. The molecule has 132 valence electrons. The highest BCUT2D eigenvalue weighted by molar-refractivity contribution is 5.92. The summed E-state index contributed by atoms with van der Waals surface area (Å²) in [6, 6.07) is 10.2. The number of anilines is 1. The van der Waals surface area contributed by atoms with Crippen molar-refractivity contribution < 1.29 is 13.9 Å². The van der Waals surface area contributed by atoms with Gasteiger partial charge in [-0.2, -0.15) is 0 Å². The third-order valence-corrected chi connectivity index (χ3v) is 4.12. The van der Waals surface area contributed by atoms with E-state index in [0.717, 1.165) is 0 Å². The average Bonchev–Trinajstić information content (AvgIpc) is 2.59. The van der Waals surface area contributed by atoms with Gasteiger partial charge in [-0.15, -0.1) is 0 Å². The van der Waals surface area contributed by atoms with E-state index >= 15 is 0 Å². The Bertz CT molecular complexity index is 729. The second kappa shape index (κ2) is 7.61. The number of carbonyl (C=O) groups is 1. The Morgan fingerprint density at radius 2 is 2.04 bits per heavy atom. The molecule has 1 aromatic heterocycles. The van der Waals surface area contributed by atoms with Crippen molar-refractivity contribution in [1.82, 2.24) is 10.3 Å². The van der Waals surface area contributed by atoms with Crippen molar-refractivity contribution >= 4 is 11.6 Å². The van der Waals surface area contributed by atoms with Crippen LogP contribution in [0.1, 0.15) is 29.9 Å². The van der Waals surface area contributed by atoms with E-state index in [-0.39, 0.29) is 30.5 Å². The molecule has 0 spiro atoms. The molecule has 25 heavy (non-hydrogen) atoms. The van der Waals surface area contributed by atoms with Crippen molar-refractivity contribution in [2.45, 2.75) is 32.6 Å². The molecule has 2 heterocycles. The van der Waals surface area contributed by atoms with Crippen molar-refractivity contribution in [3.05, 3.63) is 59.7 Å². The molecule has 1 aliphatic rings. The van der Waals surface area contributed by atoms with Crippen LogP contribution in [-0.2, 0) is 11.3 Å². The van der Waals surface area contributed by atoms with Crippen LogP contribution in [0.3, 0.4) is 0 Å². The van der Waals surface area contributed by atoms with E-state index in [1.54, 1.807) is 30.5 Å². The molecule has 0 unspecified atom stereocenters. The number of halogens is 1. The van der Waals surface area contributed by atoms with Crippen molar-refractivity contribution in [3.63, 3.8) is 0 Å². The lowest BCUT2D eigenvalue weighted by Crippen LogP contribution is -2.45. The van der Waals surface area contributed by atoms with Crippen LogP contribution in [0.2, 0.25) is 0 Å². The van der Waals surface area contributed by atoms with Gasteiger partial charge in [0.15, 0.2) is 0 Å². The fourth-order valence-corrected chi connectivity index (χ4v) is 3.06. The van der Waals surface area contributed by atoms with Gasteiger partial charge >= 0.3 is 0 Å². The Balaban J connectivity index is 1.65. The van der Waals surface area contributed by atoms with Crippen LogP contribution < -0.4 is 10.2 Å². The topological polar surface area (TPSA) is 54.5 Å². The highest BCUT2D eigenvalue weighted by Gasteiger charge is 2.24. The van der Waals surface area contributed by atoms with Crippen LogP contribution >= 0.6 is 0 Å². The first-order chi connectivity index (χ1) is 12.0. The van der Waals surface area contributed by atoms with Crippen LogP contribution in [0, 0.1) is 5.82 Å². The van der Waals surface area contributed by atoms with E-state index in [9.17, 15) is 9.18 Å². The molecule has 2 atom stereocenters. The first-order valence-electron chi connectivity index (χ1n) is 8.41. The number of morpholine rings is 1. The minimum atomic E-state index is -0.286. The van der Waals surface area contributed by atoms with Gasteiger partial charge < -0.3 is 15.0 Å². The molecule has 0 bridgehead atoms. The average molecular weight is 343 g/mol. The summed E-state index contributed by atoms with van der Waals surface area (Å²) in [5.41, 5.74) is 1.62. The molecule has 0 aliphatic carbocycles. The zero-order chi connectivity index (χ0) is 17.8. The maximum absolute atomic E-state index is 14.5. The van der Waals surface area contributed by atoms with Gasteiger partial charge in [0, 0.05) is 25.8 Å². The summed E-state index contributed by atoms with van der Waals surface area (Å²) in [6.45, 7) is 5.56. The van der Waals surface area contributed by atoms with Crippen molar-refractivity contribution in [3.8, 4) is 0 Å². The number of pyridine rings is 1. The van der Waals surface area contributed by atoms with Gasteiger partial charge in [0.2, 0.25) is 0 Å². The van der Waals surface area contributed by atoms with E-state index in [0.29, 0.717) is 30.0 Å². The molecule has 6 heteroatoms. The highest BCUT2D eigenvalue weighted by Crippen LogP contribution is 2.24. The van der Waals surface area contributed by atoms with Crippen LogP contribution in [0.4, 0.5) is 10.1 Å². The Labute approximate surface area is 146 Å². The van der Waals surface area contributed by atoms with Crippen molar-refractivity contribution in [2.75, 3.05) is 18.0 Å². The lowest BCUT2D eigenvalue weighted by atomic mass is 10.1. The van der Waals surface area contributed by atoms with Crippen molar-refractivity contribution in [1.29, 1.82) is 0 Å². The number of hydrogen-bond acceptors (Lipinski definition) is 4. The smallest absolute Gasteiger partial charge is 0.270 e. The maximum atomic E-state index is 14.5. The van der Waals surface area contributed by atoms with Gasteiger partial charge in [0.25, 0.3) is 5.91 Å². The van der Waals surface area contributed by atoms with Gasteiger partial charge in [-0.05, 0) is 43.7 Å². The van der Waals surface area contributed by atoms with Gasteiger partial charge in [-0.25, -0.2) is 4.39 Å². The third kappa shape index (κ3) is 4.33. The molecule has 3 rings (SSSR count). The lowest BCUT2D eigenvalue weighted by Gasteiger charge is -2.37. The molecule has 1 aliphatic heterocycles. The number of nitrogens with one attached hydrogen (secondary N) is 1. The lowest BCUT2D eigenvalue weighted by molar-refractivity contribution is -0.00539. The minimum absolute atomic E-state index is 0.0699. The Morgan fingerprint density at radius 1 is 1.28 bits per heavy atom. The molecule has 5 nitrogen and oxygen atoms in total. The second-order valence-electron chi connectivity index (χ2n) is 6.35. The maximum Gasteiger partial charge on any atom is 0.270 e. The Hall–Kier alpha value is -2.47. The second-order valence-corrected chi connectivity index (χ2v) is 6.35. The van der Waals surface area contributed by atoms with E-state index in [1.165, 1.54) is 6.07 Å². The number of amides is 1. The number of aromatic nitrogens is 1. The van der Waals surface area contributed by atoms with Crippen LogP contribution in [0.25, 0.3) is 0 Å². The number of rotatable bonds is 4. The third-order valence-electron chi connectivity index (χ3n) is 4.12. The molecular formula is C19H22FN3O2. The molecule has 2 aromatic rings. The molecule has 0 radical (unpaired) electrons. The van der Waals surface area contributed by atoms with Crippen LogP contribution in [-0.4, -0.2) is 36.2 Å². The van der Waals surface area contributed by atoms with Gasteiger partial charge in [-0.3, -0.25) is 9.78 Å². The number of ether oxygens (including phenoxy) is 1. The summed E-state index contributed by atoms with van der Waals surface area (Å²) < 4.78 is 20.2. The van der Waals surface area contributed by atoms with Gasteiger partial charge in [0.05, 0.1) is 17.9 Å². The standard InChI is InChI=1S/C19H22FN3O2/c1-13-11-23(12-14(2)25-13)18-7-6-15(9-16(18)20)10-22-19(24)17-5-3-4-8-21-17/h3-9,13-14H,10-12H2,1-2H3,(H,22,24)/t13-,14+. The molecule has 0 saturated carbocycles. The van der Waals surface area contributed by atoms with Crippen molar-refractivity contribution in [2.24, 2.45) is 0 Å². The van der Waals surface area contributed by atoms with Gasteiger partial charge in [-0.1, -0.05) is 12.1 Å². The predicted octanol–water partition coefficient (Wildman–Crippen LogP) is 2.76. The fraction of sp³-hybridized carbons (Fsp3) is 0.368. The SMILES string of the molecule is C[C@@H]1CN(c2ccc(CNC(=O)c3ccccn3)cc2F)C[C@H](C)O1. The summed E-state index contributed by atoms with van der Waals surface area (Å²) in [4.78, 5) is 18.0. The zero-order valence-corrected chi connectivity index (χ0v) is 14.4. The summed E-state index contributed by atoms with van der Waals surface area (Å²) >= 11 is 0. The molecule has 1 N–H and O–H groups in total. The Kier molecular flexibility index (Phi) is 5.28. The highest BCUT2D eigenvalue weighted by atomic mass is 19.1. The Morgan fingerprint density at radius 3 is 2.68 bits per heavy atom. The summed E-state index contributed by atoms with van der Waals surface area (Å²) in [6.07, 6.45) is 1.70. The van der Waals surface area contributed by atoms with Gasteiger partial charge in [0.1, 0.15) is 11.5 Å². The number of hydrogen-bond donors (Lipinski definition) is 1. The van der Waals surface area contributed by atoms with E-state index in [2.05, 4.69) is 10.3 Å². The van der Waals surface area contributed by atoms with Crippen LogP contribution in [0.5, 0.6) is 0 Å². The number of benzene rings is 1. The largest absolute Gasteiger partial charge is 0.372 e. The van der Waals surface area contributed by atoms with E-state index in [1.807, 2.05) is 24.8 Å². The molecule has 1 saturated heterocycles. The first kappa shape index (κ1) is 17.4. The normalized spacial score (nSPS) is 20.4. The summed E-state index contributed by atoms with van der Waals surface area (Å²) in [5.74, 6) is -0.563. The summed E-state index contributed by atoms with van der Waals surface area (Å²) in [7, 11) is 0. The zero-order valence-electron chi connectivity index (χ0n) is 14.4. The predicted molar refractivity (Wildman–Crippen MR) is 94.0 cm³/mol. The first-order valence-corrected chi connectivity index (χ1v) is 8.41. The minimum Gasteiger partial charge on any atom is -0.372 e. The fourth-order valence-electron chi connectivity index (χ4n) is 3.06. The van der Waals surface area contributed by atoms with E-state index in [4.69, 9.17) is 4.74 Å². The molecular weight excluding hydrogens is 321 g/mol. The molecule has 1 fully saturated rings.